The summed E-state index contributed by atoms with van der Waals surface area (Å²) < 4.78 is 0. The number of carbonyl (C=O) groups excluding carboxylic acids is 2. The van der Waals surface area contributed by atoms with Crippen molar-refractivity contribution in [1.82, 2.24) is 5.06 Å². The van der Waals surface area contributed by atoms with Gasteiger partial charge in [0.2, 0.25) is 5.91 Å². The third kappa shape index (κ3) is 3.21. The van der Waals surface area contributed by atoms with Gasteiger partial charge in [0.25, 0.3) is 5.91 Å². The molecule has 1 aliphatic heterocycles. The first kappa shape index (κ1) is 16.3. The van der Waals surface area contributed by atoms with Crippen LogP contribution in [0.3, 0.4) is 0 Å². The van der Waals surface area contributed by atoms with Crippen molar-refractivity contribution in [2.75, 3.05) is 18.6 Å². The normalized spacial score (nSPS) is 20.0. The van der Waals surface area contributed by atoms with E-state index in [1.165, 1.54) is 5.06 Å². The minimum absolute atomic E-state index is 0.0429. The number of carbonyl (C=O) groups is 2. The highest BCUT2D eigenvalue weighted by Crippen LogP contribution is 2.34. The van der Waals surface area contributed by atoms with Gasteiger partial charge >= 0.3 is 0 Å². The Bertz CT molecular complexity index is 655. The molecule has 23 heavy (non-hydrogen) atoms. The van der Waals surface area contributed by atoms with Crippen LogP contribution in [0.5, 0.6) is 0 Å². The van der Waals surface area contributed by atoms with E-state index in [9.17, 15) is 9.59 Å². The highest BCUT2D eigenvalue weighted by molar-refractivity contribution is 6.31. The number of rotatable bonds is 4. The molecule has 1 heterocycles. The molecule has 1 saturated carbocycles. The SMILES string of the molecule is CN(C(=O)C1CC1)c1ccc(CN2OCC(C)(C)C2=O)c(Cl)c1. The Balaban J connectivity index is 1.72. The van der Waals surface area contributed by atoms with Crippen LogP contribution in [0, 0.1) is 11.3 Å². The summed E-state index contributed by atoms with van der Waals surface area (Å²) in [7, 11) is 1.77. The summed E-state index contributed by atoms with van der Waals surface area (Å²) >= 11 is 6.34. The van der Waals surface area contributed by atoms with Crippen molar-refractivity contribution in [3.8, 4) is 0 Å². The lowest BCUT2D eigenvalue weighted by Crippen LogP contribution is -2.30. The first-order valence-electron chi connectivity index (χ1n) is 7.80. The molecule has 0 atom stereocenters. The highest BCUT2D eigenvalue weighted by Gasteiger charge is 2.40. The number of hydroxylamine groups is 2. The van der Waals surface area contributed by atoms with E-state index < -0.39 is 5.41 Å². The number of nitrogens with zero attached hydrogens (tertiary/aromatic N) is 2. The number of hydrogen-bond donors (Lipinski definition) is 0. The Labute approximate surface area is 141 Å². The molecule has 2 amide bonds. The average molecular weight is 337 g/mol. The van der Waals surface area contributed by atoms with Crippen molar-refractivity contribution in [2.45, 2.75) is 33.2 Å². The molecule has 0 bridgehead atoms. The summed E-state index contributed by atoms with van der Waals surface area (Å²) in [4.78, 5) is 31.4. The summed E-state index contributed by atoms with van der Waals surface area (Å²) in [6.45, 7) is 4.40. The van der Waals surface area contributed by atoms with Crippen molar-refractivity contribution in [1.29, 1.82) is 0 Å². The van der Waals surface area contributed by atoms with Gasteiger partial charge in [-0.1, -0.05) is 17.7 Å². The zero-order chi connectivity index (χ0) is 16.8. The average Bonchev–Trinajstić information content (AvgIpc) is 3.31. The van der Waals surface area contributed by atoms with E-state index in [0.717, 1.165) is 24.1 Å². The molecule has 0 aromatic heterocycles. The second-order valence-electron chi connectivity index (χ2n) is 6.95. The molecular formula is C17H21ClN2O3. The largest absolute Gasteiger partial charge is 0.315 e. The van der Waals surface area contributed by atoms with Gasteiger partial charge in [0.05, 0.1) is 18.6 Å². The van der Waals surface area contributed by atoms with Gasteiger partial charge in [-0.2, -0.15) is 0 Å². The Morgan fingerprint density at radius 1 is 1.43 bits per heavy atom. The minimum Gasteiger partial charge on any atom is -0.315 e. The van der Waals surface area contributed by atoms with Crippen molar-refractivity contribution < 1.29 is 14.4 Å². The smallest absolute Gasteiger partial charge is 0.254 e. The fourth-order valence-corrected chi connectivity index (χ4v) is 2.81. The number of amides is 2. The molecule has 2 aliphatic rings. The first-order valence-corrected chi connectivity index (χ1v) is 8.18. The third-order valence-electron chi connectivity index (χ3n) is 4.38. The van der Waals surface area contributed by atoms with Crippen LogP contribution < -0.4 is 4.90 Å². The molecule has 0 spiro atoms. The molecular weight excluding hydrogens is 316 g/mol. The Morgan fingerprint density at radius 3 is 2.65 bits per heavy atom. The van der Waals surface area contributed by atoms with Gasteiger partial charge in [0, 0.05) is 23.7 Å². The van der Waals surface area contributed by atoms with Crippen LogP contribution >= 0.6 is 11.6 Å². The van der Waals surface area contributed by atoms with Crippen LogP contribution in [0.2, 0.25) is 5.02 Å². The van der Waals surface area contributed by atoms with Crippen molar-refractivity contribution in [3.63, 3.8) is 0 Å². The monoisotopic (exact) mass is 336 g/mol. The Morgan fingerprint density at radius 2 is 2.13 bits per heavy atom. The maximum Gasteiger partial charge on any atom is 0.254 e. The second kappa shape index (κ2) is 5.80. The van der Waals surface area contributed by atoms with Gasteiger partial charge in [-0.3, -0.25) is 14.4 Å². The summed E-state index contributed by atoms with van der Waals surface area (Å²) in [5, 5.41) is 1.89. The van der Waals surface area contributed by atoms with Gasteiger partial charge in [0.15, 0.2) is 0 Å². The number of benzene rings is 1. The van der Waals surface area contributed by atoms with E-state index in [0.29, 0.717) is 18.2 Å². The van der Waals surface area contributed by atoms with Crippen LogP contribution in [0.1, 0.15) is 32.3 Å². The zero-order valence-electron chi connectivity index (χ0n) is 13.6. The van der Waals surface area contributed by atoms with Crippen LogP contribution in [0.25, 0.3) is 0 Å². The maximum absolute atomic E-state index is 12.2. The third-order valence-corrected chi connectivity index (χ3v) is 4.73. The summed E-state index contributed by atoms with van der Waals surface area (Å²) in [5.74, 6) is 0.253. The van der Waals surface area contributed by atoms with E-state index in [4.69, 9.17) is 16.4 Å². The Kier molecular flexibility index (Phi) is 4.10. The number of hydrogen-bond acceptors (Lipinski definition) is 3. The molecule has 6 heteroatoms. The van der Waals surface area contributed by atoms with Gasteiger partial charge in [0.1, 0.15) is 0 Å². The second-order valence-corrected chi connectivity index (χ2v) is 7.35. The van der Waals surface area contributed by atoms with Gasteiger partial charge in [-0.15, -0.1) is 0 Å². The van der Waals surface area contributed by atoms with E-state index >= 15 is 0 Å². The van der Waals surface area contributed by atoms with Crippen LogP contribution in [-0.4, -0.2) is 30.5 Å². The van der Waals surface area contributed by atoms with Crippen molar-refractivity contribution in [2.24, 2.45) is 11.3 Å². The fraction of sp³-hybridized carbons (Fsp3) is 0.529. The number of halogens is 1. The van der Waals surface area contributed by atoms with E-state index in [1.807, 2.05) is 26.0 Å². The molecule has 0 unspecified atom stereocenters. The maximum atomic E-state index is 12.2. The van der Waals surface area contributed by atoms with Crippen LogP contribution in [-0.2, 0) is 21.0 Å². The van der Waals surface area contributed by atoms with E-state index in [2.05, 4.69) is 0 Å². The standard InChI is InChI=1S/C17H21ClN2O3/c1-17(2)10-23-20(16(17)22)9-12-6-7-13(8-14(12)18)19(3)15(21)11-4-5-11/h6-8,11H,4-5,9-10H2,1-3H3. The lowest BCUT2D eigenvalue weighted by Gasteiger charge is -2.20. The van der Waals surface area contributed by atoms with E-state index in [-0.39, 0.29) is 17.7 Å². The topological polar surface area (TPSA) is 49.9 Å². The van der Waals surface area contributed by atoms with Crippen molar-refractivity contribution >= 4 is 29.1 Å². The highest BCUT2D eigenvalue weighted by atomic mass is 35.5. The molecule has 0 N–H and O–H groups in total. The molecule has 2 fully saturated rings. The summed E-state index contributed by atoms with van der Waals surface area (Å²) in [6, 6.07) is 5.46. The lowest BCUT2D eigenvalue weighted by atomic mass is 9.95. The quantitative estimate of drug-likeness (QED) is 0.849. The van der Waals surface area contributed by atoms with Crippen LogP contribution in [0.15, 0.2) is 18.2 Å². The first-order chi connectivity index (χ1) is 10.8. The molecule has 3 rings (SSSR count). The fourth-order valence-electron chi connectivity index (χ4n) is 2.57. The Hall–Kier alpha value is -1.59. The molecule has 0 radical (unpaired) electrons. The predicted molar refractivity (Wildman–Crippen MR) is 87.9 cm³/mol. The zero-order valence-corrected chi connectivity index (χ0v) is 14.4. The lowest BCUT2D eigenvalue weighted by molar-refractivity contribution is -0.165. The predicted octanol–water partition coefficient (Wildman–Crippen LogP) is 3.01. The molecule has 124 valence electrons. The molecule has 5 nitrogen and oxygen atoms in total. The van der Waals surface area contributed by atoms with Crippen LogP contribution in [0.4, 0.5) is 5.69 Å². The molecule has 1 aliphatic carbocycles. The van der Waals surface area contributed by atoms with Gasteiger partial charge in [-0.05, 0) is 44.4 Å². The molecule has 1 saturated heterocycles. The van der Waals surface area contributed by atoms with E-state index in [1.54, 1.807) is 18.0 Å². The summed E-state index contributed by atoms with van der Waals surface area (Å²) in [5.41, 5.74) is 1.07. The van der Waals surface area contributed by atoms with Gasteiger partial charge < -0.3 is 4.90 Å². The minimum atomic E-state index is -0.497. The van der Waals surface area contributed by atoms with Crippen molar-refractivity contribution in [3.05, 3.63) is 28.8 Å². The summed E-state index contributed by atoms with van der Waals surface area (Å²) in [6.07, 6.45) is 1.94. The molecule has 1 aromatic carbocycles. The number of anilines is 1. The molecule has 1 aromatic rings. The van der Waals surface area contributed by atoms with Gasteiger partial charge in [-0.25, -0.2) is 5.06 Å².